The molecule has 1 heterocycles. The van der Waals surface area contributed by atoms with E-state index in [-0.39, 0.29) is 17.2 Å². The van der Waals surface area contributed by atoms with Gasteiger partial charge >= 0.3 is 0 Å². The van der Waals surface area contributed by atoms with Crippen LogP contribution in [0.3, 0.4) is 0 Å². The van der Waals surface area contributed by atoms with Crippen molar-refractivity contribution in [2.45, 2.75) is 52.0 Å². The Labute approximate surface area is 178 Å². The first-order valence-electron chi connectivity index (χ1n) is 10.4. The number of ketones is 1. The van der Waals surface area contributed by atoms with Crippen molar-refractivity contribution in [3.63, 3.8) is 0 Å². The van der Waals surface area contributed by atoms with Gasteiger partial charge in [0.05, 0.1) is 7.11 Å². The quantitative estimate of drug-likeness (QED) is 0.503. The average molecular weight is 407 g/mol. The summed E-state index contributed by atoms with van der Waals surface area (Å²) in [4.78, 5) is 25.0. The summed E-state index contributed by atoms with van der Waals surface area (Å²) in [6, 6.07) is 13.0. The molecule has 0 spiro atoms. The minimum absolute atomic E-state index is 0.0310. The fourth-order valence-corrected chi connectivity index (χ4v) is 3.68. The Hall–Kier alpha value is -3.08. The van der Waals surface area contributed by atoms with Gasteiger partial charge in [0.2, 0.25) is 5.91 Å². The van der Waals surface area contributed by atoms with Crippen molar-refractivity contribution in [1.29, 1.82) is 0 Å². The molecule has 1 aliphatic heterocycles. The maximum absolute atomic E-state index is 13.0. The number of ether oxygens (including phenoxy) is 1. The Bertz CT molecular complexity index is 976. The van der Waals surface area contributed by atoms with Crippen LogP contribution in [0, 0.1) is 0 Å². The Morgan fingerprint density at radius 3 is 2.73 bits per heavy atom. The van der Waals surface area contributed by atoms with E-state index in [1.165, 1.54) is 5.56 Å². The summed E-state index contributed by atoms with van der Waals surface area (Å²) in [5.41, 5.74) is 3.94. The first-order chi connectivity index (χ1) is 14.3. The van der Waals surface area contributed by atoms with E-state index >= 15 is 0 Å². The molecule has 2 aromatic rings. The van der Waals surface area contributed by atoms with E-state index in [1.54, 1.807) is 37.5 Å². The molecule has 0 aliphatic carbocycles. The van der Waals surface area contributed by atoms with E-state index < -0.39 is 0 Å². The second-order valence-electron chi connectivity index (χ2n) is 8.36. The van der Waals surface area contributed by atoms with Gasteiger partial charge in [-0.25, -0.2) is 0 Å². The fourth-order valence-electron chi connectivity index (χ4n) is 3.68. The molecule has 1 aliphatic rings. The monoisotopic (exact) mass is 406 g/mol. The second kappa shape index (κ2) is 9.16. The number of allylic oxidation sites excluding steroid dienone is 1. The Kier molecular flexibility index (Phi) is 6.60. The molecule has 158 valence electrons. The van der Waals surface area contributed by atoms with E-state index in [1.807, 2.05) is 19.1 Å². The molecule has 2 aromatic carbocycles. The number of hydrogen-bond acceptors (Lipinski definition) is 4. The zero-order chi connectivity index (χ0) is 21.7. The minimum Gasteiger partial charge on any atom is -0.497 e. The van der Waals surface area contributed by atoms with Crippen LogP contribution in [0.2, 0.25) is 0 Å². The summed E-state index contributed by atoms with van der Waals surface area (Å²) in [5, 5.41) is 6.36. The summed E-state index contributed by atoms with van der Waals surface area (Å²) in [6.45, 7) is 6.28. The lowest BCUT2D eigenvalue weighted by molar-refractivity contribution is -0.116. The predicted octanol–water partition coefficient (Wildman–Crippen LogP) is 4.97. The standard InChI is InChI=1S/C25H30N2O3/c1-5-6-10-24(29)26-19-9-7-8-17(13-19)23(28)15-22-21-14-20(30-4)12-11-18(21)16-25(2,3)27-22/h7-9,11-15,27H,5-6,10,16H2,1-4H3,(H,26,29)/b22-15-. The lowest BCUT2D eigenvalue weighted by Crippen LogP contribution is -2.43. The van der Waals surface area contributed by atoms with Gasteiger partial charge in [0.1, 0.15) is 5.75 Å². The van der Waals surface area contributed by atoms with Crippen LogP contribution < -0.4 is 15.4 Å². The van der Waals surface area contributed by atoms with Gasteiger partial charge in [-0.1, -0.05) is 31.5 Å². The normalized spacial score (nSPS) is 15.8. The highest BCUT2D eigenvalue weighted by Gasteiger charge is 2.28. The molecule has 0 radical (unpaired) electrons. The molecule has 0 bridgehead atoms. The van der Waals surface area contributed by atoms with Crippen LogP contribution in [0.15, 0.2) is 48.5 Å². The zero-order valence-corrected chi connectivity index (χ0v) is 18.2. The number of nitrogens with one attached hydrogen (secondary N) is 2. The van der Waals surface area contributed by atoms with Gasteiger partial charge in [0.15, 0.2) is 5.78 Å². The van der Waals surface area contributed by atoms with Gasteiger partial charge in [-0.3, -0.25) is 9.59 Å². The van der Waals surface area contributed by atoms with Gasteiger partial charge in [-0.15, -0.1) is 0 Å². The van der Waals surface area contributed by atoms with Crippen LogP contribution in [0.5, 0.6) is 5.75 Å². The largest absolute Gasteiger partial charge is 0.497 e. The first kappa shape index (κ1) is 21.6. The number of carbonyl (C=O) groups is 2. The molecule has 0 unspecified atom stereocenters. The van der Waals surface area contributed by atoms with Gasteiger partial charge in [0.25, 0.3) is 0 Å². The van der Waals surface area contributed by atoms with Crippen molar-refractivity contribution in [2.75, 3.05) is 12.4 Å². The number of hydrogen-bond donors (Lipinski definition) is 2. The SMILES string of the molecule is CCCCC(=O)Nc1cccc(C(=O)/C=C2\NC(C)(C)Cc3ccc(OC)cc32)c1. The number of rotatable bonds is 7. The summed E-state index contributed by atoms with van der Waals surface area (Å²) in [6.07, 6.45) is 4.79. The number of amides is 1. The molecule has 0 atom stereocenters. The van der Waals surface area contributed by atoms with Crippen molar-refractivity contribution < 1.29 is 14.3 Å². The third-order valence-corrected chi connectivity index (χ3v) is 5.18. The molecule has 3 rings (SSSR count). The maximum Gasteiger partial charge on any atom is 0.224 e. The van der Waals surface area contributed by atoms with Gasteiger partial charge in [0, 0.05) is 40.5 Å². The van der Waals surface area contributed by atoms with E-state index in [0.29, 0.717) is 17.7 Å². The maximum atomic E-state index is 13.0. The van der Waals surface area contributed by atoms with Crippen LogP contribution in [0.25, 0.3) is 5.70 Å². The second-order valence-corrected chi connectivity index (χ2v) is 8.36. The van der Waals surface area contributed by atoms with Crippen molar-refractivity contribution in [2.24, 2.45) is 0 Å². The molecule has 30 heavy (non-hydrogen) atoms. The third-order valence-electron chi connectivity index (χ3n) is 5.18. The number of fused-ring (bicyclic) bond motifs is 1. The van der Waals surface area contributed by atoms with Gasteiger partial charge in [-0.2, -0.15) is 0 Å². The number of carbonyl (C=O) groups excluding carboxylic acids is 2. The summed E-state index contributed by atoms with van der Waals surface area (Å²) < 4.78 is 5.37. The van der Waals surface area contributed by atoms with E-state index in [2.05, 4.69) is 30.5 Å². The van der Waals surface area contributed by atoms with Crippen LogP contribution in [-0.4, -0.2) is 24.3 Å². The van der Waals surface area contributed by atoms with Gasteiger partial charge < -0.3 is 15.4 Å². The molecule has 1 amide bonds. The third kappa shape index (κ3) is 5.29. The van der Waals surface area contributed by atoms with Crippen LogP contribution in [0.1, 0.15) is 61.5 Å². The van der Waals surface area contributed by atoms with Crippen molar-refractivity contribution in [3.05, 3.63) is 65.2 Å². The highest BCUT2D eigenvalue weighted by molar-refractivity contribution is 6.09. The molecule has 0 fully saturated rings. The lowest BCUT2D eigenvalue weighted by atomic mass is 9.85. The summed E-state index contributed by atoms with van der Waals surface area (Å²) in [7, 11) is 1.64. The first-order valence-corrected chi connectivity index (χ1v) is 10.4. The average Bonchev–Trinajstić information content (AvgIpc) is 2.71. The molecular formula is C25H30N2O3. The Balaban J connectivity index is 1.87. The zero-order valence-electron chi connectivity index (χ0n) is 18.2. The minimum atomic E-state index is -0.164. The highest BCUT2D eigenvalue weighted by atomic mass is 16.5. The number of anilines is 1. The molecular weight excluding hydrogens is 376 g/mol. The highest BCUT2D eigenvalue weighted by Crippen LogP contribution is 2.32. The number of benzene rings is 2. The van der Waals surface area contributed by atoms with Crippen LogP contribution in [0.4, 0.5) is 5.69 Å². The molecule has 2 N–H and O–H groups in total. The van der Waals surface area contributed by atoms with Crippen LogP contribution >= 0.6 is 0 Å². The van der Waals surface area contributed by atoms with Crippen molar-refractivity contribution in [3.8, 4) is 5.75 Å². The molecule has 0 saturated heterocycles. The molecule has 5 nitrogen and oxygen atoms in total. The molecule has 5 heteroatoms. The molecule has 0 saturated carbocycles. The summed E-state index contributed by atoms with van der Waals surface area (Å²) >= 11 is 0. The Morgan fingerprint density at radius 2 is 2.00 bits per heavy atom. The van der Waals surface area contributed by atoms with E-state index in [9.17, 15) is 9.59 Å². The fraction of sp³-hybridized carbons (Fsp3) is 0.360. The smallest absolute Gasteiger partial charge is 0.224 e. The lowest BCUT2D eigenvalue weighted by Gasteiger charge is -2.35. The predicted molar refractivity (Wildman–Crippen MR) is 121 cm³/mol. The van der Waals surface area contributed by atoms with Crippen molar-refractivity contribution >= 4 is 23.1 Å². The van der Waals surface area contributed by atoms with Crippen LogP contribution in [-0.2, 0) is 11.2 Å². The Morgan fingerprint density at radius 1 is 1.20 bits per heavy atom. The number of methoxy groups -OCH3 is 1. The summed E-state index contributed by atoms with van der Waals surface area (Å²) in [5.74, 6) is 0.607. The molecule has 0 aromatic heterocycles. The topological polar surface area (TPSA) is 67.4 Å². The van der Waals surface area contributed by atoms with E-state index in [0.717, 1.165) is 36.3 Å². The van der Waals surface area contributed by atoms with Crippen molar-refractivity contribution in [1.82, 2.24) is 5.32 Å². The number of unbranched alkanes of at least 4 members (excludes halogenated alkanes) is 1. The van der Waals surface area contributed by atoms with Gasteiger partial charge in [-0.05, 0) is 56.5 Å². The van der Waals surface area contributed by atoms with E-state index in [4.69, 9.17) is 4.74 Å².